The number of piperidine rings is 1. The third kappa shape index (κ3) is 5.58. The maximum Gasteiger partial charge on any atom is 0.244 e. The van der Waals surface area contributed by atoms with E-state index in [1.165, 1.54) is 25.8 Å². The lowest BCUT2D eigenvalue weighted by Gasteiger charge is -2.33. The molecule has 3 nitrogen and oxygen atoms in total. The molecule has 120 valence electrons. The minimum Gasteiger partial charge on any atom is -0.353 e. The van der Waals surface area contributed by atoms with Gasteiger partial charge in [0.1, 0.15) is 0 Å². The number of rotatable bonds is 6. The molecule has 0 aromatic heterocycles. The smallest absolute Gasteiger partial charge is 0.244 e. The molecule has 1 amide bonds. The lowest BCUT2D eigenvalue weighted by Crippen LogP contribution is -2.39. The van der Waals surface area contributed by atoms with E-state index in [1.807, 2.05) is 30.3 Å². The fraction of sp³-hybridized carbons (Fsp3) is 0.500. The van der Waals surface area contributed by atoms with Crippen molar-refractivity contribution in [3.8, 4) is 0 Å². The average Bonchev–Trinajstić information content (AvgIpc) is 2.52. The summed E-state index contributed by atoms with van der Waals surface area (Å²) in [5, 5.41) is 2.96. The molecule has 0 spiro atoms. The molecule has 2 rings (SSSR count). The van der Waals surface area contributed by atoms with Crippen LogP contribution in [0.25, 0.3) is 6.08 Å². The largest absolute Gasteiger partial charge is 0.353 e. The molecule has 0 saturated carbocycles. The van der Waals surface area contributed by atoms with Crippen LogP contribution in [0, 0.1) is 0 Å². The van der Waals surface area contributed by atoms with E-state index in [4.69, 9.17) is 0 Å². The molecule has 4 heteroatoms. The van der Waals surface area contributed by atoms with Gasteiger partial charge in [0.25, 0.3) is 0 Å². The molecule has 22 heavy (non-hydrogen) atoms. The Labute approximate surface area is 141 Å². The van der Waals surface area contributed by atoms with Crippen molar-refractivity contribution >= 4 is 27.9 Å². The fourth-order valence-corrected chi connectivity index (χ4v) is 3.24. The maximum atomic E-state index is 11.8. The Kier molecular flexibility index (Phi) is 7.13. The average molecular weight is 365 g/mol. The molecule has 1 N–H and O–H groups in total. The Morgan fingerprint density at radius 2 is 2.23 bits per heavy atom. The van der Waals surface area contributed by atoms with Crippen LogP contribution in [0.15, 0.2) is 34.8 Å². The van der Waals surface area contributed by atoms with E-state index in [-0.39, 0.29) is 5.91 Å². The number of nitrogens with zero attached hydrogens (tertiary/aromatic N) is 1. The predicted molar refractivity (Wildman–Crippen MR) is 95.7 cm³/mol. The van der Waals surface area contributed by atoms with Crippen molar-refractivity contribution in [1.29, 1.82) is 0 Å². The van der Waals surface area contributed by atoms with Gasteiger partial charge in [-0.25, -0.2) is 0 Å². The summed E-state index contributed by atoms with van der Waals surface area (Å²) in [5.41, 5.74) is 1.01. The molecule has 1 heterocycles. The quantitative estimate of drug-likeness (QED) is 0.614. The Hall–Kier alpha value is -1.13. The standard InChI is InChI=1S/C18H25BrN2O/c1-15-7-4-5-13-21(15)14-6-12-20-18(22)11-10-16-8-2-3-9-17(16)19/h2-3,8-11,15H,4-7,12-14H2,1H3,(H,20,22)/b11-10+/t15-/m1/s1. The van der Waals surface area contributed by atoms with Gasteiger partial charge in [0.2, 0.25) is 5.91 Å². The molecule has 1 fully saturated rings. The zero-order chi connectivity index (χ0) is 15.8. The molecule has 0 radical (unpaired) electrons. The van der Waals surface area contributed by atoms with Gasteiger partial charge in [-0.2, -0.15) is 0 Å². The molecule has 0 aliphatic carbocycles. The van der Waals surface area contributed by atoms with Gasteiger partial charge in [-0.15, -0.1) is 0 Å². The molecular weight excluding hydrogens is 340 g/mol. The summed E-state index contributed by atoms with van der Waals surface area (Å²) in [7, 11) is 0. The highest BCUT2D eigenvalue weighted by Crippen LogP contribution is 2.17. The highest BCUT2D eigenvalue weighted by atomic mass is 79.9. The van der Waals surface area contributed by atoms with E-state index in [1.54, 1.807) is 6.08 Å². The number of likely N-dealkylation sites (tertiary alicyclic amines) is 1. The first-order valence-corrected chi connectivity index (χ1v) is 8.90. The zero-order valence-electron chi connectivity index (χ0n) is 13.2. The minimum atomic E-state index is -0.0255. The van der Waals surface area contributed by atoms with E-state index in [9.17, 15) is 4.79 Å². The maximum absolute atomic E-state index is 11.8. The van der Waals surface area contributed by atoms with E-state index in [0.717, 1.165) is 29.5 Å². The van der Waals surface area contributed by atoms with Crippen LogP contribution >= 0.6 is 15.9 Å². The monoisotopic (exact) mass is 364 g/mol. The van der Waals surface area contributed by atoms with E-state index in [2.05, 4.69) is 33.1 Å². The molecule has 1 aliphatic heterocycles. The second kappa shape index (κ2) is 9.11. The highest BCUT2D eigenvalue weighted by molar-refractivity contribution is 9.10. The van der Waals surface area contributed by atoms with E-state index >= 15 is 0 Å². The van der Waals surface area contributed by atoms with Crippen LogP contribution < -0.4 is 5.32 Å². The van der Waals surface area contributed by atoms with Crippen LogP contribution in [0.3, 0.4) is 0 Å². The first-order chi connectivity index (χ1) is 10.7. The molecule has 1 aromatic carbocycles. The van der Waals surface area contributed by atoms with Crippen molar-refractivity contribution in [1.82, 2.24) is 10.2 Å². The van der Waals surface area contributed by atoms with Crippen LogP contribution in [0.4, 0.5) is 0 Å². The second-order valence-corrected chi connectivity index (χ2v) is 6.73. The van der Waals surface area contributed by atoms with Crippen LogP contribution in [0.1, 0.15) is 38.2 Å². The summed E-state index contributed by atoms with van der Waals surface area (Å²) < 4.78 is 0.998. The van der Waals surface area contributed by atoms with Crippen LogP contribution in [-0.4, -0.2) is 36.5 Å². The molecule has 1 atom stereocenters. The van der Waals surface area contributed by atoms with E-state index in [0.29, 0.717) is 6.04 Å². The van der Waals surface area contributed by atoms with Crippen LogP contribution in [0.2, 0.25) is 0 Å². The SMILES string of the molecule is C[C@@H]1CCCCN1CCCNC(=O)/C=C/c1ccccc1Br. The molecular formula is C18H25BrN2O. The summed E-state index contributed by atoms with van der Waals surface area (Å²) in [4.78, 5) is 14.4. The first kappa shape index (κ1) is 17.2. The minimum absolute atomic E-state index is 0.0255. The second-order valence-electron chi connectivity index (χ2n) is 5.88. The number of halogens is 1. The van der Waals surface area contributed by atoms with Crippen molar-refractivity contribution in [3.63, 3.8) is 0 Å². The number of amides is 1. The van der Waals surface area contributed by atoms with E-state index < -0.39 is 0 Å². The summed E-state index contributed by atoms with van der Waals surface area (Å²) in [6.07, 6.45) is 8.43. The van der Waals surface area contributed by atoms with Crippen molar-refractivity contribution in [2.45, 2.75) is 38.6 Å². The topological polar surface area (TPSA) is 32.3 Å². The Morgan fingerprint density at radius 1 is 1.41 bits per heavy atom. The molecule has 0 unspecified atom stereocenters. The summed E-state index contributed by atoms with van der Waals surface area (Å²) in [6, 6.07) is 8.56. The Bertz CT molecular complexity index is 516. The predicted octanol–water partition coefficient (Wildman–Crippen LogP) is 3.84. The molecule has 1 aromatic rings. The number of hydrogen-bond donors (Lipinski definition) is 1. The van der Waals surface area contributed by atoms with Gasteiger partial charge in [-0.3, -0.25) is 4.79 Å². The van der Waals surface area contributed by atoms with Gasteiger partial charge in [-0.05, 0) is 50.4 Å². The van der Waals surface area contributed by atoms with Gasteiger partial charge in [0.05, 0.1) is 0 Å². The van der Waals surface area contributed by atoms with Crippen LogP contribution in [0.5, 0.6) is 0 Å². The van der Waals surface area contributed by atoms with Crippen molar-refractivity contribution in [3.05, 3.63) is 40.4 Å². The summed E-state index contributed by atoms with van der Waals surface area (Å²) in [6.45, 7) is 5.33. The summed E-state index contributed by atoms with van der Waals surface area (Å²) >= 11 is 3.47. The third-order valence-corrected chi connectivity index (χ3v) is 4.90. The highest BCUT2D eigenvalue weighted by Gasteiger charge is 2.16. The van der Waals surface area contributed by atoms with Gasteiger partial charge < -0.3 is 10.2 Å². The molecule has 1 saturated heterocycles. The lowest BCUT2D eigenvalue weighted by molar-refractivity contribution is -0.116. The normalized spacial score (nSPS) is 19.5. The van der Waals surface area contributed by atoms with Crippen LogP contribution in [-0.2, 0) is 4.79 Å². The fourth-order valence-electron chi connectivity index (χ4n) is 2.82. The zero-order valence-corrected chi connectivity index (χ0v) is 14.8. The third-order valence-electron chi connectivity index (χ3n) is 4.18. The van der Waals surface area contributed by atoms with Crippen molar-refractivity contribution in [2.24, 2.45) is 0 Å². The van der Waals surface area contributed by atoms with Crippen molar-refractivity contribution < 1.29 is 4.79 Å². The Morgan fingerprint density at radius 3 is 3.00 bits per heavy atom. The van der Waals surface area contributed by atoms with Gasteiger partial charge in [-0.1, -0.05) is 40.5 Å². The number of carbonyl (C=O) groups excluding carboxylic acids is 1. The number of carbonyl (C=O) groups is 1. The van der Waals surface area contributed by atoms with Crippen molar-refractivity contribution in [2.75, 3.05) is 19.6 Å². The van der Waals surface area contributed by atoms with Gasteiger partial charge in [0.15, 0.2) is 0 Å². The number of hydrogen-bond acceptors (Lipinski definition) is 2. The summed E-state index contributed by atoms with van der Waals surface area (Å²) in [5.74, 6) is -0.0255. The number of benzene rings is 1. The number of nitrogens with one attached hydrogen (secondary N) is 1. The lowest BCUT2D eigenvalue weighted by atomic mass is 10.0. The van der Waals surface area contributed by atoms with Gasteiger partial charge >= 0.3 is 0 Å². The van der Waals surface area contributed by atoms with Gasteiger partial charge in [0, 0.05) is 29.7 Å². The first-order valence-electron chi connectivity index (χ1n) is 8.11. The molecule has 1 aliphatic rings. The molecule has 0 bridgehead atoms. The Balaban J connectivity index is 1.66.